The standard InChI is InChI=1S/C6H10BNO3/c1-8(7)4-6(2-3-9)11-5-10/h3,5-6H,2,4H2,1H3. The van der Waals surface area contributed by atoms with Gasteiger partial charge in [-0.25, -0.2) is 0 Å². The molecule has 0 bridgehead atoms. The maximum Gasteiger partial charge on any atom is 0.293 e. The number of carbonyl (C=O) groups excluding carboxylic acids is 2. The Hall–Kier alpha value is -0.835. The van der Waals surface area contributed by atoms with Gasteiger partial charge in [0.15, 0.2) is 7.98 Å². The second-order valence-corrected chi connectivity index (χ2v) is 2.20. The number of hydrogen-bond donors (Lipinski definition) is 0. The van der Waals surface area contributed by atoms with Crippen molar-refractivity contribution in [2.75, 3.05) is 13.6 Å². The van der Waals surface area contributed by atoms with Gasteiger partial charge in [0.05, 0.1) is 0 Å². The molecule has 0 aliphatic rings. The van der Waals surface area contributed by atoms with Crippen LogP contribution >= 0.6 is 0 Å². The van der Waals surface area contributed by atoms with Crippen molar-refractivity contribution >= 4 is 20.7 Å². The minimum atomic E-state index is -0.431. The summed E-state index contributed by atoms with van der Waals surface area (Å²) in [4.78, 5) is 21.2. The number of carbonyl (C=O) groups is 2. The van der Waals surface area contributed by atoms with Crippen LogP contribution in [0.1, 0.15) is 6.42 Å². The fourth-order valence-electron chi connectivity index (χ4n) is 0.680. The van der Waals surface area contributed by atoms with Crippen molar-refractivity contribution in [3.05, 3.63) is 0 Å². The van der Waals surface area contributed by atoms with Crippen molar-refractivity contribution in [1.29, 1.82) is 0 Å². The fraction of sp³-hybridized carbons (Fsp3) is 0.667. The van der Waals surface area contributed by atoms with E-state index in [1.807, 2.05) is 0 Å². The number of ether oxygens (including phenoxy) is 1. The van der Waals surface area contributed by atoms with Crippen LogP contribution in [0.2, 0.25) is 0 Å². The Labute approximate surface area is 66.9 Å². The quantitative estimate of drug-likeness (QED) is 0.369. The Kier molecular flexibility index (Phi) is 5.46. The molecule has 60 valence electrons. The van der Waals surface area contributed by atoms with E-state index in [2.05, 4.69) is 4.74 Å². The third-order valence-electron chi connectivity index (χ3n) is 1.10. The molecule has 0 fully saturated rings. The van der Waals surface area contributed by atoms with E-state index < -0.39 is 6.10 Å². The van der Waals surface area contributed by atoms with Crippen LogP contribution in [-0.2, 0) is 14.3 Å². The molecular formula is C6H10BNO3. The monoisotopic (exact) mass is 155 g/mol. The molecule has 11 heavy (non-hydrogen) atoms. The lowest BCUT2D eigenvalue weighted by Crippen LogP contribution is -2.29. The predicted molar refractivity (Wildman–Crippen MR) is 40.0 cm³/mol. The lowest BCUT2D eigenvalue weighted by Gasteiger charge is -2.17. The largest absolute Gasteiger partial charge is 0.463 e. The van der Waals surface area contributed by atoms with Crippen molar-refractivity contribution in [3.63, 3.8) is 0 Å². The predicted octanol–water partition coefficient (Wildman–Crippen LogP) is -0.868. The lowest BCUT2D eigenvalue weighted by atomic mass is 10.2. The average molecular weight is 155 g/mol. The molecule has 1 unspecified atom stereocenters. The van der Waals surface area contributed by atoms with Gasteiger partial charge in [0, 0.05) is 13.0 Å². The van der Waals surface area contributed by atoms with Crippen LogP contribution in [0, 0.1) is 0 Å². The Morgan fingerprint density at radius 1 is 1.64 bits per heavy atom. The Morgan fingerprint density at radius 2 is 2.27 bits per heavy atom. The molecule has 2 radical (unpaired) electrons. The summed E-state index contributed by atoms with van der Waals surface area (Å²) < 4.78 is 4.56. The van der Waals surface area contributed by atoms with Gasteiger partial charge in [-0.2, -0.15) is 0 Å². The summed E-state index contributed by atoms with van der Waals surface area (Å²) in [7, 11) is 6.91. The van der Waals surface area contributed by atoms with E-state index in [9.17, 15) is 9.59 Å². The minimum absolute atomic E-state index is 0.181. The summed E-state index contributed by atoms with van der Waals surface area (Å²) in [6, 6.07) is 0. The molecule has 0 rings (SSSR count). The minimum Gasteiger partial charge on any atom is -0.463 e. The highest BCUT2D eigenvalue weighted by Crippen LogP contribution is 1.95. The maximum atomic E-state index is 10.0. The van der Waals surface area contributed by atoms with Gasteiger partial charge in [-0.3, -0.25) is 4.79 Å². The van der Waals surface area contributed by atoms with Crippen LogP contribution in [0.3, 0.4) is 0 Å². The van der Waals surface area contributed by atoms with Gasteiger partial charge >= 0.3 is 0 Å². The van der Waals surface area contributed by atoms with Gasteiger partial charge in [0.25, 0.3) is 6.47 Å². The smallest absolute Gasteiger partial charge is 0.293 e. The molecule has 0 spiro atoms. The van der Waals surface area contributed by atoms with Gasteiger partial charge in [0.1, 0.15) is 12.4 Å². The average Bonchev–Trinajstić information content (AvgIpc) is 1.87. The Morgan fingerprint density at radius 3 is 2.64 bits per heavy atom. The number of hydrogen-bond acceptors (Lipinski definition) is 4. The summed E-state index contributed by atoms with van der Waals surface area (Å²) in [6.07, 6.45) is 0.442. The third kappa shape index (κ3) is 5.60. The molecule has 0 aromatic carbocycles. The first-order valence-corrected chi connectivity index (χ1v) is 3.19. The highest BCUT2D eigenvalue weighted by atomic mass is 16.5. The van der Waals surface area contributed by atoms with Gasteiger partial charge in [-0.05, 0) is 7.05 Å². The first-order chi connectivity index (χ1) is 5.20. The van der Waals surface area contributed by atoms with E-state index in [-0.39, 0.29) is 6.42 Å². The molecule has 4 nitrogen and oxygen atoms in total. The van der Waals surface area contributed by atoms with Gasteiger partial charge < -0.3 is 14.3 Å². The van der Waals surface area contributed by atoms with Crippen LogP contribution in [-0.4, -0.2) is 45.2 Å². The zero-order chi connectivity index (χ0) is 8.69. The van der Waals surface area contributed by atoms with Crippen LogP contribution in [0.4, 0.5) is 0 Å². The van der Waals surface area contributed by atoms with Crippen molar-refractivity contribution in [1.82, 2.24) is 4.81 Å². The van der Waals surface area contributed by atoms with E-state index in [0.717, 1.165) is 0 Å². The lowest BCUT2D eigenvalue weighted by molar-refractivity contribution is -0.134. The van der Waals surface area contributed by atoms with Crippen LogP contribution in [0.25, 0.3) is 0 Å². The number of rotatable bonds is 6. The summed E-state index contributed by atoms with van der Waals surface area (Å²) in [5.74, 6) is 0. The zero-order valence-corrected chi connectivity index (χ0v) is 6.40. The van der Waals surface area contributed by atoms with E-state index in [0.29, 0.717) is 19.3 Å². The molecule has 0 saturated carbocycles. The van der Waals surface area contributed by atoms with Crippen LogP contribution in [0.15, 0.2) is 0 Å². The number of aldehydes is 1. The second kappa shape index (κ2) is 5.91. The van der Waals surface area contributed by atoms with Crippen molar-refractivity contribution in [3.8, 4) is 0 Å². The van der Waals surface area contributed by atoms with E-state index in [1.54, 1.807) is 7.05 Å². The van der Waals surface area contributed by atoms with E-state index in [4.69, 9.17) is 7.98 Å². The molecule has 0 amide bonds. The van der Waals surface area contributed by atoms with E-state index >= 15 is 0 Å². The van der Waals surface area contributed by atoms with Crippen LogP contribution < -0.4 is 0 Å². The number of nitrogens with zero attached hydrogens (tertiary/aromatic N) is 1. The molecule has 0 saturated heterocycles. The first kappa shape index (κ1) is 10.2. The molecule has 0 aromatic heterocycles. The Balaban J connectivity index is 3.67. The molecule has 1 atom stereocenters. The summed E-state index contributed by atoms with van der Waals surface area (Å²) in [5.41, 5.74) is 0. The summed E-state index contributed by atoms with van der Waals surface area (Å²) >= 11 is 0. The SMILES string of the molecule is [B]N(C)CC(CC=O)OC=O. The fourth-order valence-corrected chi connectivity index (χ4v) is 0.680. The van der Waals surface area contributed by atoms with Crippen molar-refractivity contribution in [2.45, 2.75) is 12.5 Å². The topological polar surface area (TPSA) is 46.6 Å². The summed E-state index contributed by atoms with van der Waals surface area (Å²) in [5, 5.41) is 0. The van der Waals surface area contributed by atoms with Gasteiger partial charge in [-0.1, -0.05) is 0 Å². The molecule has 0 N–H and O–H groups in total. The molecule has 0 aliphatic heterocycles. The Bertz CT molecular complexity index is 119. The van der Waals surface area contributed by atoms with Crippen molar-refractivity contribution in [2.24, 2.45) is 0 Å². The normalized spacial score (nSPS) is 12.5. The first-order valence-electron chi connectivity index (χ1n) is 3.19. The maximum absolute atomic E-state index is 10.0. The van der Waals surface area contributed by atoms with Gasteiger partial charge in [-0.15, -0.1) is 0 Å². The number of likely N-dealkylation sites (N-methyl/N-ethyl adjacent to an activating group) is 1. The van der Waals surface area contributed by atoms with Gasteiger partial charge in [0.2, 0.25) is 0 Å². The second-order valence-electron chi connectivity index (χ2n) is 2.20. The van der Waals surface area contributed by atoms with Crippen LogP contribution in [0.5, 0.6) is 0 Å². The highest BCUT2D eigenvalue weighted by molar-refractivity contribution is 6.04. The third-order valence-corrected chi connectivity index (χ3v) is 1.10. The molecule has 0 aliphatic carbocycles. The molecule has 0 heterocycles. The van der Waals surface area contributed by atoms with Crippen molar-refractivity contribution < 1.29 is 14.3 Å². The molecular weight excluding hydrogens is 145 g/mol. The van der Waals surface area contributed by atoms with E-state index in [1.165, 1.54) is 4.81 Å². The molecule has 0 aromatic rings. The highest BCUT2D eigenvalue weighted by Gasteiger charge is 2.08. The molecule has 5 heteroatoms. The summed E-state index contributed by atoms with van der Waals surface area (Å²) in [6.45, 7) is 0.676. The zero-order valence-electron chi connectivity index (χ0n) is 6.40.